The van der Waals surface area contributed by atoms with Crippen LogP contribution in [0.25, 0.3) is 5.69 Å². The highest BCUT2D eigenvalue weighted by atomic mass is 79.9. The molecule has 0 radical (unpaired) electrons. The van der Waals surface area contributed by atoms with Crippen LogP contribution in [-0.4, -0.2) is 21.3 Å². The summed E-state index contributed by atoms with van der Waals surface area (Å²) in [5.74, 6) is 0. The van der Waals surface area contributed by atoms with Crippen molar-refractivity contribution in [2.75, 3.05) is 11.9 Å². The molecule has 0 bridgehead atoms. The van der Waals surface area contributed by atoms with Gasteiger partial charge in [0.15, 0.2) is 0 Å². The van der Waals surface area contributed by atoms with E-state index in [1.165, 1.54) is 0 Å². The van der Waals surface area contributed by atoms with Gasteiger partial charge in [0.25, 0.3) is 0 Å². The number of nitrogens with one attached hydrogen (secondary N) is 1. The maximum atomic E-state index is 4.48. The summed E-state index contributed by atoms with van der Waals surface area (Å²) in [7, 11) is 0. The van der Waals surface area contributed by atoms with E-state index in [0.29, 0.717) is 0 Å². The lowest BCUT2D eigenvalue weighted by molar-refractivity contribution is 0.828. The van der Waals surface area contributed by atoms with Crippen LogP contribution in [0.15, 0.2) is 22.9 Å². The Morgan fingerprint density at radius 3 is 2.71 bits per heavy atom. The second-order valence-corrected chi connectivity index (χ2v) is 4.65. The van der Waals surface area contributed by atoms with Gasteiger partial charge in [-0.05, 0) is 42.8 Å². The number of rotatable bonds is 3. The number of halogens is 1. The molecule has 2 rings (SSSR count). The quantitative estimate of drug-likeness (QED) is 0.946. The van der Waals surface area contributed by atoms with Crippen molar-refractivity contribution in [1.29, 1.82) is 0 Å². The zero-order valence-corrected chi connectivity index (χ0v) is 11.7. The van der Waals surface area contributed by atoms with Crippen LogP contribution in [0.3, 0.4) is 0 Å². The molecule has 5 heteroatoms. The summed E-state index contributed by atoms with van der Waals surface area (Å²) in [6.07, 6.45) is 3.63. The highest BCUT2D eigenvalue weighted by Crippen LogP contribution is 2.23. The van der Waals surface area contributed by atoms with Gasteiger partial charge in [-0.15, -0.1) is 0 Å². The molecule has 0 aliphatic heterocycles. The summed E-state index contributed by atoms with van der Waals surface area (Å²) in [6.45, 7) is 6.96. The van der Waals surface area contributed by atoms with Gasteiger partial charge in [0.1, 0.15) is 0 Å². The molecule has 0 atom stereocenters. The summed E-state index contributed by atoms with van der Waals surface area (Å²) in [5.41, 5.74) is 4.04. The SMILES string of the molecule is CCNc1cncc(-n2nc(C)c(Br)c2C)c1. The molecule has 0 spiro atoms. The van der Waals surface area contributed by atoms with Gasteiger partial charge in [-0.1, -0.05) is 0 Å². The number of hydrogen-bond acceptors (Lipinski definition) is 3. The van der Waals surface area contributed by atoms with Crippen LogP contribution in [0, 0.1) is 13.8 Å². The van der Waals surface area contributed by atoms with Gasteiger partial charge < -0.3 is 5.32 Å². The van der Waals surface area contributed by atoms with Gasteiger partial charge in [-0.3, -0.25) is 4.98 Å². The van der Waals surface area contributed by atoms with E-state index in [2.05, 4.69) is 38.3 Å². The monoisotopic (exact) mass is 294 g/mol. The van der Waals surface area contributed by atoms with E-state index in [1.54, 1.807) is 0 Å². The van der Waals surface area contributed by atoms with E-state index >= 15 is 0 Å². The first-order valence-electron chi connectivity index (χ1n) is 5.54. The van der Waals surface area contributed by atoms with Crippen LogP contribution in [0.2, 0.25) is 0 Å². The van der Waals surface area contributed by atoms with Gasteiger partial charge >= 0.3 is 0 Å². The molecular formula is C12H15BrN4. The number of aromatic nitrogens is 3. The Bertz CT molecular complexity index is 533. The summed E-state index contributed by atoms with van der Waals surface area (Å²) in [5, 5.41) is 7.73. The van der Waals surface area contributed by atoms with E-state index in [9.17, 15) is 0 Å². The summed E-state index contributed by atoms with van der Waals surface area (Å²) >= 11 is 3.53. The Morgan fingerprint density at radius 2 is 2.12 bits per heavy atom. The molecule has 17 heavy (non-hydrogen) atoms. The molecule has 0 unspecified atom stereocenters. The number of pyridine rings is 1. The van der Waals surface area contributed by atoms with Crippen molar-refractivity contribution in [3.63, 3.8) is 0 Å². The lowest BCUT2D eigenvalue weighted by Gasteiger charge is -2.07. The minimum atomic E-state index is 0.881. The molecule has 2 heterocycles. The minimum Gasteiger partial charge on any atom is -0.384 e. The fraction of sp³-hybridized carbons (Fsp3) is 0.333. The molecule has 0 fully saturated rings. The molecule has 0 aliphatic rings. The van der Waals surface area contributed by atoms with Crippen LogP contribution in [-0.2, 0) is 0 Å². The predicted octanol–water partition coefficient (Wildman–Crippen LogP) is 3.08. The molecule has 0 saturated heterocycles. The topological polar surface area (TPSA) is 42.7 Å². The van der Waals surface area contributed by atoms with Crippen LogP contribution in [0.5, 0.6) is 0 Å². The summed E-state index contributed by atoms with van der Waals surface area (Å²) in [6, 6.07) is 2.04. The maximum absolute atomic E-state index is 4.48. The van der Waals surface area contributed by atoms with Crippen molar-refractivity contribution in [2.45, 2.75) is 20.8 Å². The molecule has 0 aliphatic carbocycles. The van der Waals surface area contributed by atoms with Crippen molar-refractivity contribution in [3.8, 4) is 5.69 Å². The fourth-order valence-electron chi connectivity index (χ4n) is 1.72. The van der Waals surface area contributed by atoms with Crippen LogP contribution < -0.4 is 5.32 Å². The van der Waals surface area contributed by atoms with E-state index in [4.69, 9.17) is 0 Å². The summed E-state index contributed by atoms with van der Waals surface area (Å²) in [4.78, 5) is 4.22. The number of nitrogens with zero attached hydrogens (tertiary/aromatic N) is 3. The second kappa shape index (κ2) is 4.87. The number of anilines is 1. The van der Waals surface area contributed by atoms with E-state index in [0.717, 1.165) is 33.8 Å². The molecule has 2 aromatic heterocycles. The Labute approximate surface area is 109 Å². The van der Waals surface area contributed by atoms with Crippen molar-refractivity contribution < 1.29 is 0 Å². The van der Waals surface area contributed by atoms with Gasteiger partial charge in [-0.2, -0.15) is 5.10 Å². The van der Waals surface area contributed by atoms with Crippen LogP contribution in [0.4, 0.5) is 5.69 Å². The van der Waals surface area contributed by atoms with Gasteiger partial charge in [0.2, 0.25) is 0 Å². The highest BCUT2D eigenvalue weighted by molar-refractivity contribution is 9.10. The van der Waals surface area contributed by atoms with Crippen molar-refractivity contribution in [2.24, 2.45) is 0 Å². The Morgan fingerprint density at radius 1 is 1.35 bits per heavy atom. The predicted molar refractivity (Wildman–Crippen MR) is 72.7 cm³/mol. The molecule has 0 aromatic carbocycles. The first-order valence-corrected chi connectivity index (χ1v) is 6.33. The van der Waals surface area contributed by atoms with Gasteiger partial charge in [-0.25, -0.2) is 4.68 Å². The third kappa shape index (κ3) is 2.34. The van der Waals surface area contributed by atoms with Crippen LogP contribution in [0.1, 0.15) is 18.3 Å². The lowest BCUT2D eigenvalue weighted by atomic mass is 10.3. The van der Waals surface area contributed by atoms with E-state index < -0.39 is 0 Å². The van der Waals surface area contributed by atoms with Gasteiger partial charge in [0, 0.05) is 6.54 Å². The highest BCUT2D eigenvalue weighted by Gasteiger charge is 2.10. The fourth-order valence-corrected chi connectivity index (χ4v) is 1.97. The van der Waals surface area contributed by atoms with E-state index in [-0.39, 0.29) is 0 Å². The molecule has 0 saturated carbocycles. The average molecular weight is 295 g/mol. The normalized spacial score (nSPS) is 10.6. The second-order valence-electron chi connectivity index (χ2n) is 3.86. The lowest BCUT2D eigenvalue weighted by Crippen LogP contribution is -2.02. The Balaban J connectivity index is 2.45. The molecule has 0 amide bonds. The third-order valence-electron chi connectivity index (χ3n) is 2.55. The van der Waals surface area contributed by atoms with Crippen molar-refractivity contribution >= 4 is 21.6 Å². The number of hydrogen-bond donors (Lipinski definition) is 1. The van der Waals surface area contributed by atoms with Crippen molar-refractivity contribution in [3.05, 3.63) is 34.3 Å². The molecule has 2 aromatic rings. The Hall–Kier alpha value is -1.36. The van der Waals surface area contributed by atoms with Crippen molar-refractivity contribution in [1.82, 2.24) is 14.8 Å². The largest absolute Gasteiger partial charge is 0.384 e. The average Bonchev–Trinajstić information content (AvgIpc) is 2.58. The molecule has 1 N–H and O–H groups in total. The Kier molecular flexibility index (Phi) is 3.47. The van der Waals surface area contributed by atoms with Gasteiger partial charge in [0.05, 0.1) is 39.6 Å². The molecular weight excluding hydrogens is 280 g/mol. The third-order valence-corrected chi connectivity index (χ3v) is 3.70. The smallest absolute Gasteiger partial charge is 0.0852 e. The standard InChI is InChI=1S/C12H15BrN4/c1-4-15-10-5-11(7-14-6-10)17-9(3)12(13)8(2)16-17/h5-7,15H,4H2,1-3H3. The molecule has 90 valence electrons. The molecule has 4 nitrogen and oxygen atoms in total. The maximum Gasteiger partial charge on any atom is 0.0852 e. The van der Waals surface area contributed by atoms with Crippen LogP contribution >= 0.6 is 15.9 Å². The minimum absolute atomic E-state index is 0.881. The van der Waals surface area contributed by atoms with E-state index in [1.807, 2.05) is 37.0 Å². The first-order chi connectivity index (χ1) is 8.13. The number of aryl methyl sites for hydroxylation is 1. The zero-order valence-electron chi connectivity index (χ0n) is 10.2. The zero-order chi connectivity index (χ0) is 12.4. The summed E-state index contributed by atoms with van der Waals surface area (Å²) < 4.78 is 2.94. The first kappa shape index (κ1) is 12.1.